The molecule has 0 bridgehead atoms. The standard InChI is InChI=1S/C22H16N4O4/c27-20(23-11-19-24-17-5-1-2-6-18(17)25-19)13-7-8-15-16(10-13)22(29)26(21(15)28)12-14-4-3-9-30-14/h1-10H,11-12H2,(H,23,27)(H,24,25). The topological polar surface area (TPSA) is 108 Å². The maximum atomic E-state index is 12.7. The summed E-state index contributed by atoms with van der Waals surface area (Å²) < 4.78 is 5.23. The average Bonchev–Trinajstić information content (AvgIpc) is 3.48. The first-order valence-electron chi connectivity index (χ1n) is 9.34. The molecule has 8 heteroatoms. The van der Waals surface area contributed by atoms with Crippen LogP contribution in [0.5, 0.6) is 0 Å². The molecule has 0 saturated carbocycles. The van der Waals surface area contributed by atoms with Crippen LogP contribution >= 0.6 is 0 Å². The van der Waals surface area contributed by atoms with E-state index in [1.807, 2.05) is 24.3 Å². The molecule has 3 amide bonds. The average molecular weight is 400 g/mol. The molecule has 2 aromatic carbocycles. The molecule has 0 unspecified atom stereocenters. The van der Waals surface area contributed by atoms with E-state index in [4.69, 9.17) is 4.42 Å². The minimum absolute atomic E-state index is 0.0485. The summed E-state index contributed by atoms with van der Waals surface area (Å²) in [5.74, 6) is -0.0724. The van der Waals surface area contributed by atoms with Crippen molar-refractivity contribution < 1.29 is 18.8 Å². The van der Waals surface area contributed by atoms with Crippen molar-refractivity contribution in [3.63, 3.8) is 0 Å². The normalized spacial score (nSPS) is 13.1. The third kappa shape index (κ3) is 3.04. The number of rotatable bonds is 5. The Morgan fingerprint density at radius 1 is 1.03 bits per heavy atom. The van der Waals surface area contributed by atoms with Gasteiger partial charge in [0.1, 0.15) is 11.6 Å². The molecule has 0 aliphatic carbocycles. The molecule has 3 heterocycles. The molecule has 0 spiro atoms. The van der Waals surface area contributed by atoms with Gasteiger partial charge in [-0.05, 0) is 42.5 Å². The van der Waals surface area contributed by atoms with E-state index in [2.05, 4.69) is 15.3 Å². The van der Waals surface area contributed by atoms with Gasteiger partial charge in [0, 0.05) is 5.56 Å². The molecule has 1 aliphatic rings. The number of aromatic amines is 1. The van der Waals surface area contributed by atoms with Crippen molar-refractivity contribution in [2.75, 3.05) is 0 Å². The van der Waals surface area contributed by atoms with Gasteiger partial charge in [0.2, 0.25) is 0 Å². The molecule has 30 heavy (non-hydrogen) atoms. The number of imide groups is 1. The predicted molar refractivity (Wildman–Crippen MR) is 107 cm³/mol. The highest BCUT2D eigenvalue weighted by Crippen LogP contribution is 2.26. The van der Waals surface area contributed by atoms with E-state index in [0.717, 1.165) is 15.9 Å². The third-order valence-corrected chi connectivity index (χ3v) is 4.98. The lowest BCUT2D eigenvalue weighted by Gasteiger charge is -2.11. The van der Waals surface area contributed by atoms with Gasteiger partial charge < -0.3 is 14.7 Å². The second kappa shape index (κ2) is 7.00. The van der Waals surface area contributed by atoms with Crippen LogP contribution in [0, 0.1) is 0 Å². The number of nitrogens with one attached hydrogen (secondary N) is 2. The molecular weight excluding hydrogens is 384 g/mol. The van der Waals surface area contributed by atoms with E-state index < -0.39 is 11.8 Å². The number of aromatic nitrogens is 2. The minimum Gasteiger partial charge on any atom is -0.467 e. The van der Waals surface area contributed by atoms with Gasteiger partial charge in [-0.15, -0.1) is 0 Å². The molecule has 0 fully saturated rings. The number of H-pyrrole nitrogens is 1. The predicted octanol–water partition coefficient (Wildman–Crippen LogP) is 2.88. The monoisotopic (exact) mass is 400 g/mol. The van der Waals surface area contributed by atoms with Crippen LogP contribution in [0.3, 0.4) is 0 Å². The minimum atomic E-state index is -0.446. The van der Waals surface area contributed by atoms with Gasteiger partial charge in [0.15, 0.2) is 0 Å². The molecule has 0 radical (unpaired) electrons. The van der Waals surface area contributed by atoms with Crippen LogP contribution in [-0.2, 0) is 13.1 Å². The smallest absolute Gasteiger partial charge is 0.261 e. The van der Waals surface area contributed by atoms with Crippen molar-refractivity contribution in [3.8, 4) is 0 Å². The molecule has 2 N–H and O–H groups in total. The summed E-state index contributed by atoms with van der Waals surface area (Å²) in [5, 5.41) is 2.78. The fourth-order valence-corrected chi connectivity index (χ4v) is 3.49. The Kier molecular flexibility index (Phi) is 4.17. The van der Waals surface area contributed by atoms with Crippen LogP contribution in [0.15, 0.2) is 65.3 Å². The zero-order valence-electron chi connectivity index (χ0n) is 15.7. The van der Waals surface area contributed by atoms with Gasteiger partial charge in [0.25, 0.3) is 17.7 Å². The third-order valence-electron chi connectivity index (χ3n) is 4.98. The Hall–Kier alpha value is -4.20. The first-order valence-corrected chi connectivity index (χ1v) is 9.34. The number of fused-ring (bicyclic) bond motifs is 2. The molecule has 148 valence electrons. The summed E-state index contributed by atoms with van der Waals surface area (Å²) in [7, 11) is 0. The molecule has 8 nitrogen and oxygen atoms in total. The number of hydrogen-bond donors (Lipinski definition) is 2. The lowest BCUT2D eigenvalue weighted by atomic mass is 10.1. The molecule has 0 atom stereocenters. The summed E-state index contributed by atoms with van der Waals surface area (Å²) in [6.07, 6.45) is 1.48. The lowest BCUT2D eigenvalue weighted by molar-refractivity contribution is 0.0631. The van der Waals surface area contributed by atoms with Crippen molar-refractivity contribution >= 4 is 28.8 Å². The highest BCUT2D eigenvalue weighted by molar-refractivity contribution is 6.22. The van der Waals surface area contributed by atoms with Crippen molar-refractivity contribution in [2.45, 2.75) is 13.1 Å². The van der Waals surface area contributed by atoms with Crippen molar-refractivity contribution in [3.05, 3.63) is 89.1 Å². The maximum Gasteiger partial charge on any atom is 0.261 e. The van der Waals surface area contributed by atoms with Crippen LogP contribution < -0.4 is 5.32 Å². The number of imidazole rings is 1. The summed E-state index contributed by atoms with van der Waals surface area (Å²) >= 11 is 0. The van der Waals surface area contributed by atoms with Crippen molar-refractivity contribution in [2.24, 2.45) is 0 Å². The molecule has 0 saturated heterocycles. The number of hydrogen-bond acceptors (Lipinski definition) is 5. The number of carbonyl (C=O) groups excluding carboxylic acids is 3. The number of carbonyl (C=O) groups is 3. The van der Waals surface area contributed by atoms with E-state index >= 15 is 0 Å². The van der Waals surface area contributed by atoms with Gasteiger partial charge in [-0.25, -0.2) is 4.98 Å². The zero-order valence-corrected chi connectivity index (χ0v) is 15.7. The van der Waals surface area contributed by atoms with E-state index in [9.17, 15) is 14.4 Å². The van der Waals surface area contributed by atoms with Gasteiger partial charge in [-0.2, -0.15) is 0 Å². The Morgan fingerprint density at radius 2 is 1.87 bits per heavy atom. The Labute approximate surface area is 170 Å². The largest absolute Gasteiger partial charge is 0.467 e. The van der Waals surface area contributed by atoms with Crippen molar-refractivity contribution in [1.82, 2.24) is 20.2 Å². The van der Waals surface area contributed by atoms with Gasteiger partial charge in [-0.3, -0.25) is 19.3 Å². The molecule has 4 aromatic rings. The molecule has 2 aromatic heterocycles. The summed E-state index contributed by atoms with van der Waals surface area (Å²) in [5.41, 5.74) is 2.49. The number of benzene rings is 2. The van der Waals surface area contributed by atoms with Gasteiger partial charge >= 0.3 is 0 Å². The fourth-order valence-electron chi connectivity index (χ4n) is 3.49. The Bertz CT molecular complexity index is 1260. The van der Waals surface area contributed by atoms with E-state index in [1.165, 1.54) is 24.5 Å². The SMILES string of the molecule is O=C(NCc1nc2ccccc2[nH]1)c1ccc2c(c1)C(=O)N(Cc1ccco1)C2=O. The highest BCUT2D eigenvalue weighted by atomic mass is 16.3. The summed E-state index contributed by atoms with van der Waals surface area (Å²) in [6.45, 7) is 0.259. The van der Waals surface area contributed by atoms with E-state index in [-0.39, 0.29) is 30.1 Å². The second-order valence-electron chi connectivity index (χ2n) is 6.92. The van der Waals surface area contributed by atoms with Crippen LogP contribution in [0.1, 0.15) is 42.7 Å². The van der Waals surface area contributed by atoms with Crippen LogP contribution in [-0.4, -0.2) is 32.6 Å². The first-order chi connectivity index (χ1) is 14.6. The number of para-hydroxylation sites is 2. The Morgan fingerprint density at radius 3 is 2.67 bits per heavy atom. The summed E-state index contributed by atoms with van der Waals surface area (Å²) in [4.78, 5) is 46.5. The lowest BCUT2D eigenvalue weighted by Crippen LogP contribution is -2.28. The number of nitrogens with zero attached hydrogens (tertiary/aromatic N) is 2. The molecule has 1 aliphatic heterocycles. The van der Waals surface area contributed by atoms with E-state index in [1.54, 1.807) is 12.1 Å². The quantitative estimate of drug-likeness (QED) is 0.501. The van der Waals surface area contributed by atoms with Crippen LogP contribution in [0.4, 0.5) is 0 Å². The Balaban J connectivity index is 1.32. The van der Waals surface area contributed by atoms with Crippen LogP contribution in [0.25, 0.3) is 11.0 Å². The van der Waals surface area contributed by atoms with Crippen LogP contribution in [0.2, 0.25) is 0 Å². The fraction of sp³-hybridized carbons (Fsp3) is 0.0909. The van der Waals surface area contributed by atoms with Crippen molar-refractivity contribution in [1.29, 1.82) is 0 Å². The molecule has 5 rings (SSSR count). The van der Waals surface area contributed by atoms with Gasteiger partial charge in [0.05, 0.1) is 41.5 Å². The zero-order chi connectivity index (χ0) is 20.7. The highest BCUT2D eigenvalue weighted by Gasteiger charge is 2.36. The van der Waals surface area contributed by atoms with Gasteiger partial charge in [-0.1, -0.05) is 12.1 Å². The molecular formula is C22H16N4O4. The summed E-state index contributed by atoms with van der Waals surface area (Å²) in [6, 6.07) is 15.5. The maximum absolute atomic E-state index is 12.7. The first kappa shape index (κ1) is 17.9. The second-order valence-corrected chi connectivity index (χ2v) is 6.92. The number of furan rings is 1. The number of amides is 3. The van der Waals surface area contributed by atoms with E-state index in [0.29, 0.717) is 17.1 Å².